The number of alkyl carbamates (subject to hydrolysis) is 1. The summed E-state index contributed by atoms with van der Waals surface area (Å²) in [5.74, 6) is -1.04. The second-order valence-electron chi connectivity index (χ2n) is 5.52. The van der Waals surface area contributed by atoms with Crippen LogP contribution in [-0.4, -0.2) is 41.4 Å². The molecule has 3 N–H and O–H groups in total. The van der Waals surface area contributed by atoms with Gasteiger partial charge in [-0.3, -0.25) is 0 Å². The van der Waals surface area contributed by atoms with Crippen molar-refractivity contribution in [2.45, 2.75) is 57.7 Å². The first-order valence-corrected chi connectivity index (χ1v) is 6.25. The summed E-state index contributed by atoms with van der Waals surface area (Å²) in [7, 11) is 0. The summed E-state index contributed by atoms with van der Waals surface area (Å²) in [6.07, 6.45) is 2.06. The molecular weight excluding hydrogens is 236 g/mol. The van der Waals surface area contributed by atoms with Crippen molar-refractivity contribution in [2.24, 2.45) is 0 Å². The molecule has 0 spiro atoms. The molecular formula is C12H22N2O4. The maximum absolute atomic E-state index is 11.6. The Bertz CT molecular complexity index is 306. The molecule has 1 heterocycles. The third-order valence-corrected chi connectivity index (χ3v) is 2.69. The number of carbonyl (C=O) groups excluding carboxylic acids is 1. The first-order chi connectivity index (χ1) is 8.29. The van der Waals surface area contributed by atoms with Crippen LogP contribution in [0.3, 0.4) is 0 Å². The van der Waals surface area contributed by atoms with Crippen LogP contribution in [0.4, 0.5) is 4.79 Å². The summed E-state index contributed by atoms with van der Waals surface area (Å²) in [5.41, 5.74) is -0.632. The monoisotopic (exact) mass is 258 g/mol. The van der Waals surface area contributed by atoms with Crippen LogP contribution in [0.5, 0.6) is 0 Å². The molecule has 1 aliphatic rings. The summed E-state index contributed by atoms with van der Waals surface area (Å²) >= 11 is 0. The lowest BCUT2D eigenvalue weighted by Gasteiger charge is -2.30. The highest BCUT2D eigenvalue weighted by atomic mass is 16.6. The van der Waals surface area contributed by atoms with Crippen LogP contribution in [0.1, 0.15) is 40.0 Å². The molecule has 0 aliphatic carbocycles. The lowest BCUT2D eigenvalue weighted by Crippen LogP contribution is -2.56. The van der Waals surface area contributed by atoms with E-state index >= 15 is 0 Å². The van der Waals surface area contributed by atoms with E-state index in [1.165, 1.54) is 0 Å². The molecule has 6 heteroatoms. The van der Waals surface area contributed by atoms with Crippen molar-refractivity contribution >= 4 is 12.1 Å². The molecule has 0 radical (unpaired) electrons. The maximum Gasteiger partial charge on any atom is 0.408 e. The van der Waals surface area contributed by atoms with Crippen LogP contribution in [0, 0.1) is 0 Å². The molecule has 1 fully saturated rings. The van der Waals surface area contributed by atoms with Gasteiger partial charge in [0.05, 0.1) is 0 Å². The number of carbonyl (C=O) groups is 2. The van der Waals surface area contributed by atoms with E-state index in [4.69, 9.17) is 9.84 Å². The highest BCUT2D eigenvalue weighted by molar-refractivity contribution is 5.80. The van der Waals surface area contributed by atoms with Crippen molar-refractivity contribution in [2.75, 3.05) is 6.54 Å². The second-order valence-corrected chi connectivity index (χ2v) is 5.52. The fraction of sp³-hybridized carbons (Fsp3) is 0.833. The minimum atomic E-state index is -1.04. The van der Waals surface area contributed by atoms with Gasteiger partial charge in [-0.05, 0) is 40.2 Å². The SMILES string of the molecule is CC(C)(C)OC(=O)N[C@H](C(=O)O)[C@@H]1CCCCN1. The third-order valence-electron chi connectivity index (χ3n) is 2.69. The van der Waals surface area contributed by atoms with Crippen molar-refractivity contribution in [3.05, 3.63) is 0 Å². The van der Waals surface area contributed by atoms with Gasteiger partial charge >= 0.3 is 12.1 Å². The van der Waals surface area contributed by atoms with Crippen LogP contribution >= 0.6 is 0 Å². The zero-order valence-electron chi connectivity index (χ0n) is 11.2. The van der Waals surface area contributed by atoms with E-state index in [9.17, 15) is 9.59 Å². The molecule has 0 saturated carbocycles. The number of amides is 1. The molecule has 18 heavy (non-hydrogen) atoms. The van der Waals surface area contributed by atoms with Crippen LogP contribution in [0.2, 0.25) is 0 Å². The first kappa shape index (κ1) is 14.8. The molecule has 0 aromatic carbocycles. The largest absolute Gasteiger partial charge is 0.480 e. The molecule has 1 amide bonds. The summed E-state index contributed by atoms with van der Waals surface area (Å²) < 4.78 is 5.07. The van der Waals surface area contributed by atoms with Gasteiger partial charge in [0.1, 0.15) is 11.6 Å². The van der Waals surface area contributed by atoms with E-state index in [0.29, 0.717) is 0 Å². The average Bonchev–Trinajstić information content (AvgIpc) is 2.24. The third kappa shape index (κ3) is 4.91. The van der Waals surface area contributed by atoms with E-state index in [1.807, 2.05) is 0 Å². The van der Waals surface area contributed by atoms with Crippen LogP contribution in [-0.2, 0) is 9.53 Å². The van der Waals surface area contributed by atoms with Gasteiger partial charge in [-0.2, -0.15) is 0 Å². The Morgan fingerprint density at radius 1 is 1.39 bits per heavy atom. The summed E-state index contributed by atoms with van der Waals surface area (Å²) in [5, 5.41) is 14.7. The average molecular weight is 258 g/mol. The molecule has 104 valence electrons. The van der Waals surface area contributed by atoms with Crippen LogP contribution in [0.15, 0.2) is 0 Å². The molecule has 0 aromatic heterocycles. The predicted molar refractivity (Wildman–Crippen MR) is 66.4 cm³/mol. The molecule has 0 aromatic rings. The smallest absolute Gasteiger partial charge is 0.408 e. The van der Waals surface area contributed by atoms with Crippen molar-refractivity contribution in [1.82, 2.24) is 10.6 Å². The van der Waals surface area contributed by atoms with E-state index in [1.54, 1.807) is 20.8 Å². The van der Waals surface area contributed by atoms with Crippen molar-refractivity contribution < 1.29 is 19.4 Å². The number of aliphatic carboxylic acids is 1. The lowest BCUT2D eigenvalue weighted by molar-refractivity contribution is -0.140. The second kappa shape index (κ2) is 6.04. The summed E-state index contributed by atoms with van der Waals surface area (Å²) in [4.78, 5) is 22.8. The quantitative estimate of drug-likeness (QED) is 0.705. The van der Waals surface area contributed by atoms with E-state index in [-0.39, 0.29) is 6.04 Å². The molecule has 2 atom stereocenters. The number of hydrogen-bond donors (Lipinski definition) is 3. The normalized spacial score (nSPS) is 22.1. The number of nitrogens with one attached hydrogen (secondary N) is 2. The fourth-order valence-corrected chi connectivity index (χ4v) is 1.93. The first-order valence-electron chi connectivity index (χ1n) is 6.25. The number of carboxylic acid groups (broad SMARTS) is 1. The lowest BCUT2D eigenvalue weighted by atomic mass is 9.98. The van der Waals surface area contributed by atoms with Gasteiger partial charge in [-0.25, -0.2) is 9.59 Å². The Morgan fingerprint density at radius 2 is 2.06 bits per heavy atom. The minimum Gasteiger partial charge on any atom is -0.480 e. The van der Waals surface area contributed by atoms with E-state index in [2.05, 4.69) is 10.6 Å². The molecule has 0 bridgehead atoms. The van der Waals surface area contributed by atoms with Crippen molar-refractivity contribution in [3.8, 4) is 0 Å². The number of ether oxygens (including phenoxy) is 1. The van der Waals surface area contributed by atoms with Gasteiger partial charge in [0.25, 0.3) is 0 Å². The summed E-state index contributed by atoms with van der Waals surface area (Å²) in [6.45, 7) is 5.99. The number of piperidine rings is 1. The number of rotatable bonds is 3. The van der Waals surface area contributed by atoms with Crippen molar-refractivity contribution in [3.63, 3.8) is 0 Å². The minimum absolute atomic E-state index is 0.233. The number of hydrogen-bond acceptors (Lipinski definition) is 4. The Balaban J connectivity index is 2.57. The van der Waals surface area contributed by atoms with Crippen LogP contribution < -0.4 is 10.6 Å². The predicted octanol–water partition coefficient (Wildman–Crippen LogP) is 1.11. The zero-order chi connectivity index (χ0) is 13.8. The van der Waals surface area contributed by atoms with Gasteiger partial charge in [0.2, 0.25) is 0 Å². The van der Waals surface area contributed by atoms with Gasteiger partial charge in [-0.1, -0.05) is 6.42 Å². The molecule has 0 unspecified atom stereocenters. The van der Waals surface area contributed by atoms with Crippen LogP contribution in [0.25, 0.3) is 0 Å². The summed E-state index contributed by atoms with van der Waals surface area (Å²) in [6, 6.07) is -1.18. The van der Waals surface area contributed by atoms with Gasteiger partial charge in [0, 0.05) is 6.04 Å². The Morgan fingerprint density at radius 3 is 2.50 bits per heavy atom. The Hall–Kier alpha value is -1.30. The fourth-order valence-electron chi connectivity index (χ4n) is 1.93. The Labute approximate surface area is 107 Å². The highest BCUT2D eigenvalue weighted by Crippen LogP contribution is 2.12. The van der Waals surface area contributed by atoms with Crippen molar-refractivity contribution in [1.29, 1.82) is 0 Å². The molecule has 1 rings (SSSR count). The highest BCUT2D eigenvalue weighted by Gasteiger charge is 2.31. The number of carboxylic acids is 1. The van der Waals surface area contributed by atoms with E-state index < -0.39 is 23.7 Å². The van der Waals surface area contributed by atoms with Gasteiger partial charge < -0.3 is 20.5 Å². The molecule has 1 aliphatic heterocycles. The zero-order valence-corrected chi connectivity index (χ0v) is 11.2. The topological polar surface area (TPSA) is 87.7 Å². The molecule has 1 saturated heterocycles. The molecule has 6 nitrogen and oxygen atoms in total. The Kier molecular flexibility index (Phi) is 4.95. The maximum atomic E-state index is 11.6. The van der Waals surface area contributed by atoms with Gasteiger partial charge in [-0.15, -0.1) is 0 Å². The standard InChI is InChI=1S/C12H22N2O4/c1-12(2,3)18-11(17)14-9(10(15)16)8-6-4-5-7-13-8/h8-9,13H,4-7H2,1-3H3,(H,14,17)(H,15,16)/t8-,9-/m0/s1. The van der Waals surface area contributed by atoms with E-state index in [0.717, 1.165) is 25.8 Å². The van der Waals surface area contributed by atoms with Gasteiger partial charge in [0.15, 0.2) is 0 Å².